The zero-order valence-corrected chi connectivity index (χ0v) is 15.5. The Morgan fingerprint density at radius 1 is 1.21 bits per heavy atom. The van der Waals surface area contributed by atoms with Gasteiger partial charge in [0.25, 0.3) is 0 Å². The standard InChI is InChI=1S/C18H26FN3OS/c1-11(2)20-17(23)16-10-22(18(24)21-12(3)4)9-15(16)13-6-5-7-14(19)8-13/h5-8,11-12,15-16H,9-10H2,1-4H3,(H,20,23)(H,21,24). The number of likely N-dealkylation sites (tertiary alicyclic amines) is 1. The summed E-state index contributed by atoms with van der Waals surface area (Å²) in [5.74, 6) is -0.613. The van der Waals surface area contributed by atoms with Crippen molar-refractivity contribution < 1.29 is 9.18 Å². The topological polar surface area (TPSA) is 44.4 Å². The van der Waals surface area contributed by atoms with Gasteiger partial charge in [-0.15, -0.1) is 0 Å². The lowest BCUT2D eigenvalue weighted by molar-refractivity contribution is -0.125. The second kappa shape index (κ2) is 7.92. The number of nitrogens with zero attached hydrogens (tertiary/aromatic N) is 1. The maximum atomic E-state index is 13.6. The first-order chi connectivity index (χ1) is 11.3. The Hall–Kier alpha value is -1.69. The summed E-state index contributed by atoms with van der Waals surface area (Å²) in [5.41, 5.74) is 0.841. The summed E-state index contributed by atoms with van der Waals surface area (Å²) in [6, 6.07) is 6.81. The fourth-order valence-corrected chi connectivity index (χ4v) is 3.42. The number of hydrogen-bond donors (Lipinski definition) is 2. The molecule has 0 aromatic heterocycles. The van der Waals surface area contributed by atoms with Crippen LogP contribution >= 0.6 is 12.2 Å². The fourth-order valence-electron chi connectivity index (χ4n) is 3.04. The monoisotopic (exact) mass is 351 g/mol. The normalized spacial score (nSPS) is 20.5. The second-order valence-electron chi connectivity index (χ2n) is 6.94. The van der Waals surface area contributed by atoms with Crippen LogP contribution in [-0.2, 0) is 4.79 Å². The number of halogens is 1. The molecule has 0 saturated carbocycles. The number of amides is 1. The number of rotatable bonds is 4. The van der Waals surface area contributed by atoms with E-state index in [-0.39, 0.29) is 35.6 Å². The molecule has 6 heteroatoms. The molecule has 1 saturated heterocycles. The van der Waals surface area contributed by atoms with Gasteiger partial charge in [-0.3, -0.25) is 4.79 Å². The van der Waals surface area contributed by atoms with Crippen molar-refractivity contribution in [2.45, 2.75) is 45.7 Å². The Morgan fingerprint density at radius 2 is 1.88 bits per heavy atom. The molecule has 1 aliphatic rings. The summed E-state index contributed by atoms with van der Waals surface area (Å²) < 4.78 is 13.6. The molecule has 24 heavy (non-hydrogen) atoms. The van der Waals surface area contributed by atoms with E-state index in [0.29, 0.717) is 18.2 Å². The molecule has 2 unspecified atom stereocenters. The van der Waals surface area contributed by atoms with Gasteiger partial charge in [0.05, 0.1) is 5.92 Å². The molecule has 1 aromatic rings. The predicted octanol–water partition coefficient (Wildman–Crippen LogP) is 2.65. The molecule has 132 valence electrons. The van der Waals surface area contributed by atoms with E-state index in [1.807, 2.05) is 38.7 Å². The zero-order valence-electron chi connectivity index (χ0n) is 14.7. The summed E-state index contributed by atoms with van der Waals surface area (Å²) in [5, 5.41) is 6.84. The largest absolute Gasteiger partial charge is 0.360 e. The number of carbonyl (C=O) groups excluding carboxylic acids is 1. The SMILES string of the molecule is CC(C)NC(=O)C1CN(C(=S)NC(C)C)CC1c1cccc(F)c1. The molecule has 0 spiro atoms. The predicted molar refractivity (Wildman–Crippen MR) is 98.4 cm³/mol. The molecule has 1 aromatic carbocycles. The van der Waals surface area contributed by atoms with Crippen LogP contribution in [0.2, 0.25) is 0 Å². The lowest BCUT2D eigenvalue weighted by Crippen LogP contribution is -2.43. The van der Waals surface area contributed by atoms with Gasteiger partial charge < -0.3 is 15.5 Å². The summed E-state index contributed by atoms with van der Waals surface area (Å²) in [4.78, 5) is 14.6. The Morgan fingerprint density at radius 3 is 2.46 bits per heavy atom. The van der Waals surface area contributed by atoms with Crippen LogP contribution in [-0.4, -0.2) is 41.1 Å². The lowest BCUT2D eigenvalue weighted by atomic mass is 9.88. The highest BCUT2D eigenvalue weighted by molar-refractivity contribution is 7.80. The van der Waals surface area contributed by atoms with Crippen molar-refractivity contribution in [1.29, 1.82) is 0 Å². The quantitative estimate of drug-likeness (QED) is 0.819. The van der Waals surface area contributed by atoms with Crippen LogP contribution in [0.5, 0.6) is 0 Å². The van der Waals surface area contributed by atoms with Crippen LogP contribution in [0.3, 0.4) is 0 Å². The van der Waals surface area contributed by atoms with E-state index in [2.05, 4.69) is 10.6 Å². The minimum absolute atomic E-state index is 0.00546. The number of hydrogen-bond acceptors (Lipinski definition) is 2. The number of benzene rings is 1. The molecule has 0 bridgehead atoms. The number of nitrogens with one attached hydrogen (secondary N) is 2. The Balaban J connectivity index is 2.23. The highest BCUT2D eigenvalue weighted by atomic mass is 32.1. The van der Waals surface area contributed by atoms with Crippen molar-refractivity contribution in [3.63, 3.8) is 0 Å². The first-order valence-corrected chi connectivity index (χ1v) is 8.80. The average molecular weight is 351 g/mol. The Labute approximate surface area is 148 Å². The van der Waals surface area contributed by atoms with E-state index in [1.165, 1.54) is 12.1 Å². The average Bonchev–Trinajstić information content (AvgIpc) is 2.91. The van der Waals surface area contributed by atoms with E-state index >= 15 is 0 Å². The van der Waals surface area contributed by atoms with Crippen LogP contribution in [0.1, 0.15) is 39.2 Å². The molecule has 4 nitrogen and oxygen atoms in total. The van der Waals surface area contributed by atoms with Crippen molar-refractivity contribution in [2.75, 3.05) is 13.1 Å². The van der Waals surface area contributed by atoms with Gasteiger partial charge in [0.15, 0.2) is 5.11 Å². The molecule has 2 N–H and O–H groups in total. The fraction of sp³-hybridized carbons (Fsp3) is 0.556. The summed E-state index contributed by atoms with van der Waals surface area (Å²) in [6.45, 7) is 9.07. The third-order valence-electron chi connectivity index (χ3n) is 4.06. The Bertz CT molecular complexity index is 606. The lowest BCUT2D eigenvalue weighted by Gasteiger charge is -2.22. The third-order valence-corrected chi connectivity index (χ3v) is 4.44. The molecule has 2 atom stereocenters. The van der Waals surface area contributed by atoms with Gasteiger partial charge >= 0.3 is 0 Å². The summed E-state index contributed by atoms with van der Waals surface area (Å²) in [7, 11) is 0. The number of carbonyl (C=O) groups is 1. The van der Waals surface area contributed by atoms with Gasteiger partial charge in [-0.2, -0.15) is 0 Å². The minimum atomic E-state index is -0.281. The van der Waals surface area contributed by atoms with E-state index < -0.39 is 0 Å². The molecular weight excluding hydrogens is 325 g/mol. The van der Waals surface area contributed by atoms with Gasteiger partial charge in [-0.25, -0.2) is 4.39 Å². The van der Waals surface area contributed by atoms with Gasteiger partial charge in [-0.05, 0) is 57.6 Å². The molecule has 2 rings (SSSR count). The van der Waals surface area contributed by atoms with E-state index in [4.69, 9.17) is 12.2 Å². The van der Waals surface area contributed by atoms with Crippen molar-refractivity contribution in [3.8, 4) is 0 Å². The highest BCUT2D eigenvalue weighted by Gasteiger charge is 2.39. The first-order valence-electron chi connectivity index (χ1n) is 8.39. The van der Waals surface area contributed by atoms with Gasteiger partial charge in [0, 0.05) is 31.1 Å². The molecule has 0 aliphatic carbocycles. The molecule has 1 amide bonds. The summed E-state index contributed by atoms with van der Waals surface area (Å²) >= 11 is 5.46. The van der Waals surface area contributed by atoms with Gasteiger partial charge in [0.2, 0.25) is 5.91 Å². The minimum Gasteiger partial charge on any atom is -0.360 e. The van der Waals surface area contributed by atoms with Crippen molar-refractivity contribution in [3.05, 3.63) is 35.6 Å². The molecule has 1 fully saturated rings. The van der Waals surface area contributed by atoms with Crippen LogP contribution in [0.4, 0.5) is 4.39 Å². The summed E-state index contributed by atoms with van der Waals surface area (Å²) in [6.07, 6.45) is 0. The van der Waals surface area contributed by atoms with Crippen molar-refractivity contribution >= 4 is 23.2 Å². The Kier molecular flexibility index (Phi) is 6.15. The van der Waals surface area contributed by atoms with Crippen molar-refractivity contribution in [2.24, 2.45) is 5.92 Å². The first kappa shape index (κ1) is 18.6. The molecular formula is C18H26FN3OS. The molecule has 1 aliphatic heterocycles. The van der Waals surface area contributed by atoms with E-state index in [0.717, 1.165) is 5.56 Å². The molecule has 0 radical (unpaired) electrons. The zero-order chi connectivity index (χ0) is 17.9. The van der Waals surface area contributed by atoms with Crippen LogP contribution < -0.4 is 10.6 Å². The van der Waals surface area contributed by atoms with Gasteiger partial charge in [0.1, 0.15) is 5.82 Å². The maximum Gasteiger partial charge on any atom is 0.225 e. The van der Waals surface area contributed by atoms with Crippen LogP contribution in [0.25, 0.3) is 0 Å². The maximum absolute atomic E-state index is 13.6. The smallest absolute Gasteiger partial charge is 0.225 e. The number of thiocarbonyl (C=S) groups is 1. The second-order valence-corrected chi connectivity index (χ2v) is 7.33. The van der Waals surface area contributed by atoms with E-state index in [9.17, 15) is 9.18 Å². The highest BCUT2D eigenvalue weighted by Crippen LogP contribution is 2.33. The van der Waals surface area contributed by atoms with Crippen molar-refractivity contribution in [1.82, 2.24) is 15.5 Å². The van der Waals surface area contributed by atoms with E-state index in [1.54, 1.807) is 6.07 Å². The molecule has 1 heterocycles. The van der Waals surface area contributed by atoms with Gasteiger partial charge in [-0.1, -0.05) is 12.1 Å². The third kappa shape index (κ3) is 4.66. The van der Waals surface area contributed by atoms with Crippen LogP contribution in [0, 0.1) is 11.7 Å². The van der Waals surface area contributed by atoms with Crippen LogP contribution in [0.15, 0.2) is 24.3 Å².